The van der Waals surface area contributed by atoms with Crippen molar-refractivity contribution in [1.29, 1.82) is 0 Å². The molecule has 1 aromatic carbocycles. The Morgan fingerprint density at radius 1 is 1.47 bits per heavy atom. The summed E-state index contributed by atoms with van der Waals surface area (Å²) in [7, 11) is 0. The molecule has 1 heterocycles. The maximum absolute atomic E-state index is 10.8. The Kier molecular flexibility index (Phi) is 2.68. The molecule has 0 fully saturated rings. The molecule has 0 saturated heterocycles. The van der Waals surface area contributed by atoms with E-state index in [1.54, 1.807) is 12.1 Å². The second kappa shape index (κ2) is 3.98. The van der Waals surface area contributed by atoms with E-state index in [1.807, 2.05) is 0 Å². The van der Waals surface area contributed by atoms with Crippen molar-refractivity contribution in [1.82, 2.24) is 5.32 Å². The molecule has 0 atom stereocenters. The molecular weight excluding hydrogens is 218 g/mol. The quantitative estimate of drug-likeness (QED) is 0.837. The summed E-state index contributed by atoms with van der Waals surface area (Å²) in [5.74, 6) is 1.22. The Morgan fingerprint density at radius 2 is 2.13 bits per heavy atom. The number of carbonyl (C=O) groups excluding carboxylic acids is 1. The van der Waals surface area contributed by atoms with Gasteiger partial charge >= 0.3 is 0 Å². The lowest BCUT2D eigenvalue weighted by Crippen LogP contribution is -2.19. The third kappa shape index (κ3) is 2.15. The van der Waals surface area contributed by atoms with Gasteiger partial charge in [0.25, 0.3) is 0 Å². The van der Waals surface area contributed by atoms with Crippen LogP contribution >= 0.6 is 11.6 Å². The molecular formula is C10H10ClNO3. The van der Waals surface area contributed by atoms with E-state index in [-0.39, 0.29) is 12.7 Å². The van der Waals surface area contributed by atoms with Crippen LogP contribution in [0.1, 0.15) is 12.5 Å². The molecule has 2 rings (SSSR count). The Balaban J connectivity index is 2.21. The Labute approximate surface area is 92.1 Å². The van der Waals surface area contributed by atoms with Crippen LogP contribution in [0.4, 0.5) is 0 Å². The predicted octanol–water partition coefficient (Wildman–Crippen LogP) is 1.70. The summed E-state index contributed by atoms with van der Waals surface area (Å²) < 4.78 is 10.4. The number of amides is 1. The number of rotatable bonds is 2. The minimum Gasteiger partial charge on any atom is -0.454 e. The van der Waals surface area contributed by atoms with Crippen LogP contribution in [0, 0.1) is 0 Å². The molecule has 0 radical (unpaired) electrons. The van der Waals surface area contributed by atoms with Gasteiger partial charge in [0, 0.05) is 24.6 Å². The molecule has 0 unspecified atom stereocenters. The molecule has 0 aliphatic carbocycles. The molecule has 80 valence electrons. The number of hydrogen-bond acceptors (Lipinski definition) is 3. The summed E-state index contributed by atoms with van der Waals surface area (Å²) in [6.45, 7) is 2.07. The molecule has 0 spiro atoms. The largest absolute Gasteiger partial charge is 0.454 e. The van der Waals surface area contributed by atoms with E-state index in [4.69, 9.17) is 21.1 Å². The SMILES string of the molecule is CC(=O)NCc1cc2c(cc1Cl)OCO2. The summed E-state index contributed by atoms with van der Waals surface area (Å²) in [5, 5.41) is 3.24. The molecule has 1 aliphatic rings. The highest BCUT2D eigenvalue weighted by Crippen LogP contribution is 2.36. The van der Waals surface area contributed by atoms with Crippen molar-refractivity contribution in [3.63, 3.8) is 0 Å². The normalized spacial score (nSPS) is 12.7. The third-order valence-electron chi connectivity index (χ3n) is 2.07. The lowest BCUT2D eigenvalue weighted by molar-refractivity contribution is -0.119. The van der Waals surface area contributed by atoms with E-state index in [0.29, 0.717) is 23.1 Å². The van der Waals surface area contributed by atoms with Gasteiger partial charge in [-0.05, 0) is 11.6 Å². The van der Waals surface area contributed by atoms with Gasteiger partial charge in [0.15, 0.2) is 11.5 Å². The van der Waals surface area contributed by atoms with Gasteiger partial charge in [-0.25, -0.2) is 0 Å². The molecule has 1 N–H and O–H groups in total. The fraction of sp³-hybridized carbons (Fsp3) is 0.300. The van der Waals surface area contributed by atoms with Crippen LogP contribution in [0.25, 0.3) is 0 Å². The highest BCUT2D eigenvalue weighted by atomic mass is 35.5. The minimum atomic E-state index is -0.0938. The van der Waals surface area contributed by atoms with Crippen molar-refractivity contribution in [2.45, 2.75) is 13.5 Å². The summed E-state index contributed by atoms with van der Waals surface area (Å²) >= 11 is 6.00. The van der Waals surface area contributed by atoms with Crippen LogP contribution in [-0.4, -0.2) is 12.7 Å². The van der Waals surface area contributed by atoms with Crippen LogP contribution in [0.2, 0.25) is 5.02 Å². The number of hydrogen-bond donors (Lipinski definition) is 1. The fourth-order valence-electron chi connectivity index (χ4n) is 1.31. The smallest absolute Gasteiger partial charge is 0.231 e. The van der Waals surface area contributed by atoms with Crippen molar-refractivity contribution in [2.24, 2.45) is 0 Å². The van der Waals surface area contributed by atoms with Crippen LogP contribution in [-0.2, 0) is 11.3 Å². The maximum Gasteiger partial charge on any atom is 0.231 e. The number of nitrogens with one attached hydrogen (secondary N) is 1. The molecule has 15 heavy (non-hydrogen) atoms. The van der Waals surface area contributed by atoms with Gasteiger partial charge in [-0.2, -0.15) is 0 Å². The van der Waals surface area contributed by atoms with E-state index >= 15 is 0 Å². The second-order valence-electron chi connectivity index (χ2n) is 3.21. The van der Waals surface area contributed by atoms with E-state index in [2.05, 4.69) is 5.32 Å². The van der Waals surface area contributed by atoms with Gasteiger partial charge in [0.05, 0.1) is 0 Å². The molecule has 0 bridgehead atoms. The summed E-state index contributed by atoms with van der Waals surface area (Å²) in [4.78, 5) is 10.8. The molecule has 0 aromatic heterocycles. The minimum absolute atomic E-state index is 0.0938. The number of halogens is 1. The fourth-order valence-corrected chi connectivity index (χ4v) is 1.53. The van der Waals surface area contributed by atoms with Crippen LogP contribution in [0.15, 0.2) is 12.1 Å². The Hall–Kier alpha value is -1.42. The highest BCUT2D eigenvalue weighted by Gasteiger charge is 2.16. The zero-order valence-electron chi connectivity index (χ0n) is 8.17. The van der Waals surface area contributed by atoms with Gasteiger partial charge in [-0.1, -0.05) is 11.6 Å². The van der Waals surface area contributed by atoms with E-state index in [0.717, 1.165) is 5.56 Å². The number of ether oxygens (including phenoxy) is 2. The van der Waals surface area contributed by atoms with Gasteiger partial charge < -0.3 is 14.8 Å². The molecule has 5 heteroatoms. The van der Waals surface area contributed by atoms with Crippen LogP contribution in [0.3, 0.4) is 0 Å². The zero-order chi connectivity index (χ0) is 10.8. The average Bonchev–Trinajstić information content (AvgIpc) is 2.60. The van der Waals surface area contributed by atoms with Crippen molar-refractivity contribution in [3.05, 3.63) is 22.7 Å². The monoisotopic (exact) mass is 227 g/mol. The van der Waals surface area contributed by atoms with Crippen LogP contribution < -0.4 is 14.8 Å². The average molecular weight is 228 g/mol. The standard InChI is InChI=1S/C10H10ClNO3/c1-6(13)12-4-7-2-9-10(3-8(7)11)15-5-14-9/h2-3H,4-5H2,1H3,(H,12,13). The van der Waals surface area contributed by atoms with Crippen molar-refractivity contribution >= 4 is 17.5 Å². The molecule has 1 amide bonds. The lowest BCUT2D eigenvalue weighted by Gasteiger charge is -2.06. The van der Waals surface area contributed by atoms with E-state index in [1.165, 1.54) is 6.92 Å². The van der Waals surface area contributed by atoms with Crippen molar-refractivity contribution in [2.75, 3.05) is 6.79 Å². The molecule has 4 nitrogen and oxygen atoms in total. The first kappa shape index (κ1) is 10.1. The Morgan fingerprint density at radius 3 is 2.80 bits per heavy atom. The van der Waals surface area contributed by atoms with Crippen molar-refractivity contribution < 1.29 is 14.3 Å². The first-order chi connectivity index (χ1) is 7.16. The second-order valence-corrected chi connectivity index (χ2v) is 3.61. The number of carbonyl (C=O) groups is 1. The topological polar surface area (TPSA) is 47.6 Å². The van der Waals surface area contributed by atoms with E-state index < -0.39 is 0 Å². The van der Waals surface area contributed by atoms with Gasteiger partial charge in [0.1, 0.15) is 0 Å². The van der Waals surface area contributed by atoms with E-state index in [9.17, 15) is 4.79 Å². The third-order valence-corrected chi connectivity index (χ3v) is 2.42. The zero-order valence-corrected chi connectivity index (χ0v) is 8.93. The van der Waals surface area contributed by atoms with Crippen molar-refractivity contribution in [3.8, 4) is 11.5 Å². The van der Waals surface area contributed by atoms with Gasteiger partial charge in [-0.15, -0.1) is 0 Å². The maximum atomic E-state index is 10.8. The number of fused-ring (bicyclic) bond motifs is 1. The Bertz CT molecular complexity index is 406. The molecule has 1 aromatic rings. The summed E-state index contributed by atoms with van der Waals surface area (Å²) in [6, 6.07) is 3.47. The first-order valence-corrected chi connectivity index (χ1v) is 4.87. The molecule has 1 aliphatic heterocycles. The number of benzene rings is 1. The predicted molar refractivity (Wildman–Crippen MR) is 55.1 cm³/mol. The molecule has 0 saturated carbocycles. The summed E-state index contributed by atoms with van der Waals surface area (Å²) in [6.07, 6.45) is 0. The lowest BCUT2D eigenvalue weighted by atomic mass is 10.2. The van der Waals surface area contributed by atoms with Gasteiger partial charge in [-0.3, -0.25) is 4.79 Å². The highest BCUT2D eigenvalue weighted by molar-refractivity contribution is 6.31. The summed E-state index contributed by atoms with van der Waals surface area (Å²) in [5.41, 5.74) is 0.816. The van der Waals surface area contributed by atoms with Gasteiger partial charge in [0.2, 0.25) is 12.7 Å². The first-order valence-electron chi connectivity index (χ1n) is 4.49. The van der Waals surface area contributed by atoms with Crippen LogP contribution in [0.5, 0.6) is 11.5 Å².